The molecular formula is C13H24N2O5S. The smallest absolute Gasteiger partial charge is 0.326 e. The number of nitrogens with one attached hydrogen (secondary N) is 1. The van der Waals surface area contributed by atoms with Gasteiger partial charge in [-0.2, -0.15) is 0 Å². The van der Waals surface area contributed by atoms with Gasteiger partial charge in [-0.1, -0.05) is 6.08 Å². The SMILES string of the molecule is C=CCN(C(=O)NC(CCS(C)(=O)=O)C(=O)O)C(C)(C)C. The van der Waals surface area contributed by atoms with E-state index in [4.69, 9.17) is 5.11 Å². The van der Waals surface area contributed by atoms with Crippen molar-refractivity contribution in [3.8, 4) is 0 Å². The van der Waals surface area contributed by atoms with Gasteiger partial charge >= 0.3 is 12.0 Å². The highest BCUT2D eigenvalue weighted by Gasteiger charge is 2.29. The Kier molecular flexibility index (Phi) is 6.89. The van der Waals surface area contributed by atoms with Crippen LogP contribution in [-0.2, 0) is 14.6 Å². The zero-order valence-electron chi connectivity index (χ0n) is 12.9. The molecule has 0 spiro atoms. The highest BCUT2D eigenvalue weighted by Crippen LogP contribution is 2.13. The molecule has 122 valence electrons. The van der Waals surface area contributed by atoms with Crippen molar-refractivity contribution in [3.05, 3.63) is 12.7 Å². The molecule has 8 heteroatoms. The Morgan fingerprint density at radius 1 is 1.38 bits per heavy atom. The van der Waals surface area contributed by atoms with Crippen LogP contribution in [0.25, 0.3) is 0 Å². The van der Waals surface area contributed by atoms with E-state index in [-0.39, 0.29) is 18.7 Å². The molecule has 0 aromatic rings. The first-order valence-corrected chi connectivity index (χ1v) is 8.54. The lowest BCUT2D eigenvalue weighted by molar-refractivity contribution is -0.139. The van der Waals surface area contributed by atoms with Crippen molar-refractivity contribution in [1.29, 1.82) is 0 Å². The zero-order chi connectivity index (χ0) is 16.8. The number of aliphatic carboxylic acids is 1. The molecule has 21 heavy (non-hydrogen) atoms. The number of carboxylic acids is 1. The quantitative estimate of drug-likeness (QED) is 0.677. The number of amides is 2. The van der Waals surface area contributed by atoms with E-state index in [0.717, 1.165) is 6.26 Å². The number of carbonyl (C=O) groups is 2. The molecule has 1 unspecified atom stereocenters. The van der Waals surface area contributed by atoms with Gasteiger partial charge in [-0.25, -0.2) is 18.0 Å². The molecule has 0 aliphatic heterocycles. The third-order valence-corrected chi connectivity index (χ3v) is 3.72. The van der Waals surface area contributed by atoms with E-state index < -0.39 is 33.4 Å². The first-order chi connectivity index (χ1) is 9.38. The first kappa shape index (κ1) is 19.4. The summed E-state index contributed by atoms with van der Waals surface area (Å²) in [6, 6.07) is -1.81. The number of rotatable bonds is 7. The van der Waals surface area contributed by atoms with Crippen LogP contribution in [0.4, 0.5) is 4.79 Å². The Balaban J connectivity index is 4.95. The summed E-state index contributed by atoms with van der Waals surface area (Å²) in [6.45, 7) is 9.24. The second-order valence-corrected chi connectivity index (χ2v) is 8.09. The molecule has 0 aliphatic carbocycles. The van der Waals surface area contributed by atoms with Crippen molar-refractivity contribution in [3.63, 3.8) is 0 Å². The topological polar surface area (TPSA) is 104 Å². The Morgan fingerprint density at radius 2 is 1.90 bits per heavy atom. The summed E-state index contributed by atoms with van der Waals surface area (Å²) in [5.74, 6) is -1.57. The van der Waals surface area contributed by atoms with Crippen LogP contribution in [0, 0.1) is 0 Å². The van der Waals surface area contributed by atoms with Gasteiger partial charge in [-0.05, 0) is 27.2 Å². The van der Waals surface area contributed by atoms with Crippen molar-refractivity contribution in [2.75, 3.05) is 18.6 Å². The van der Waals surface area contributed by atoms with Crippen LogP contribution in [0.3, 0.4) is 0 Å². The summed E-state index contributed by atoms with van der Waals surface area (Å²) >= 11 is 0. The molecule has 0 rings (SSSR count). The normalized spacial score (nSPS) is 13.3. The van der Waals surface area contributed by atoms with Crippen molar-refractivity contribution in [2.45, 2.75) is 38.8 Å². The molecule has 0 aliphatic rings. The zero-order valence-corrected chi connectivity index (χ0v) is 13.7. The molecule has 0 fully saturated rings. The standard InChI is InChI=1S/C13H24N2O5S/c1-6-8-15(13(2,3)4)12(18)14-10(11(16)17)7-9-21(5,19)20/h6,10H,1,7-9H2,2-5H3,(H,14,18)(H,16,17). The van der Waals surface area contributed by atoms with Crippen LogP contribution < -0.4 is 5.32 Å². The maximum absolute atomic E-state index is 12.2. The van der Waals surface area contributed by atoms with Gasteiger partial charge in [0.1, 0.15) is 15.9 Å². The van der Waals surface area contributed by atoms with Gasteiger partial charge < -0.3 is 15.3 Å². The molecule has 0 heterocycles. The molecule has 2 N–H and O–H groups in total. The summed E-state index contributed by atoms with van der Waals surface area (Å²) < 4.78 is 22.2. The summed E-state index contributed by atoms with van der Waals surface area (Å²) in [5, 5.41) is 11.4. The van der Waals surface area contributed by atoms with Gasteiger partial charge in [0.05, 0.1) is 5.75 Å². The fourth-order valence-corrected chi connectivity index (χ4v) is 2.27. The van der Waals surface area contributed by atoms with Gasteiger partial charge in [0.2, 0.25) is 0 Å². The van der Waals surface area contributed by atoms with Crippen molar-refractivity contribution >= 4 is 21.8 Å². The number of sulfone groups is 1. The van der Waals surface area contributed by atoms with Crippen molar-refractivity contribution in [2.24, 2.45) is 0 Å². The number of hydrogen-bond acceptors (Lipinski definition) is 4. The average Bonchev–Trinajstić information content (AvgIpc) is 2.27. The molecule has 0 saturated carbocycles. The van der Waals surface area contributed by atoms with Gasteiger partial charge in [0, 0.05) is 18.3 Å². The van der Waals surface area contributed by atoms with Gasteiger partial charge in [-0.3, -0.25) is 0 Å². The fraction of sp³-hybridized carbons (Fsp3) is 0.692. The Morgan fingerprint density at radius 3 is 2.24 bits per heavy atom. The van der Waals surface area contributed by atoms with Crippen LogP contribution in [0.5, 0.6) is 0 Å². The van der Waals surface area contributed by atoms with Gasteiger partial charge in [0.25, 0.3) is 0 Å². The lowest BCUT2D eigenvalue weighted by atomic mass is 10.1. The third-order valence-electron chi connectivity index (χ3n) is 2.74. The molecule has 0 radical (unpaired) electrons. The number of carboxylic acid groups (broad SMARTS) is 1. The van der Waals surface area contributed by atoms with Crippen molar-refractivity contribution in [1.82, 2.24) is 10.2 Å². The van der Waals surface area contributed by atoms with E-state index in [0.29, 0.717) is 0 Å². The van der Waals surface area contributed by atoms with Crippen LogP contribution in [0.15, 0.2) is 12.7 Å². The maximum Gasteiger partial charge on any atom is 0.326 e. The monoisotopic (exact) mass is 320 g/mol. The summed E-state index contributed by atoms with van der Waals surface area (Å²) in [7, 11) is -3.29. The van der Waals surface area contributed by atoms with E-state index >= 15 is 0 Å². The summed E-state index contributed by atoms with van der Waals surface area (Å²) in [5.41, 5.74) is -0.516. The minimum absolute atomic E-state index is 0.175. The van der Waals surface area contributed by atoms with E-state index in [1.165, 1.54) is 11.0 Å². The first-order valence-electron chi connectivity index (χ1n) is 6.48. The number of hydrogen-bond donors (Lipinski definition) is 2. The molecule has 0 saturated heterocycles. The molecule has 0 bridgehead atoms. The molecule has 2 amide bonds. The van der Waals surface area contributed by atoms with Crippen LogP contribution in [-0.4, -0.2) is 60.6 Å². The molecule has 0 aromatic carbocycles. The average molecular weight is 320 g/mol. The Hall–Kier alpha value is -1.57. The fourth-order valence-electron chi connectivity index (χ4n) is 1.61. The highest BCUT2D eigenvalue weighted by atomic mass is 32.2. The van der Waals surface area contributed by atoms with Crippen LogP contribution in [0.2, 0.25) is 0 Å². The van der Waals surface area contributed by atoms with Crippen LogP contribution in [0.1, 0.15) is 27.2 Å². The highest BCUT2D eigenvalue weighted by molar-refractivity contribution is 7.90. The maximum atomic E-state index is 12.2. The number of carbonyl (C=O) groups excluding carboxylic acids is 1. The predicted molar refractivity (Wildman–Crippen MR) is 80.9 cm³/mol. The molecule has 0 aromatic heterocycles. The van der Waals surface area contributed by atoms with Gasteiger partial charge in [-0.15, -0.1) is 6.58 Å². The Bertz CT molecular complexity index is 493. The molecule has 7 nitrogen and oxygen atoms in total. The number of urea groups is 1. The summed E-state index contributed by atoms with van der Waals surface area (Å²) in [4.78, 5) is 24.7. The minimum Gasteiger partial charge on any atom is -0.480 e. The second kappa shape index (κ2) is 7.44. The van der Waals surface area contributed by atoms with Crippen LogP contribution >= 0.6 is 0 Å². The largest absolute Gasteiger partial charge is 0.480 e. The lowest BCUT2D eigenvalue weighted by Crippen LogP contribution is -2.54. The van der Waals surface area contributed by atoms with Crippen molar-refractivity contribution < 1.29 is 23.1 Å². The van der Waals surface area contributed by atoms with E-state index in [2.05, 4.69) is 11.9 Å². The minimum atomic E-state index is -3.29. The molecule has 1 atom stereocenters. The number of nitrogens with zero attached hydrogens (tertiary/aromatic N) is 1. The summed E-state index contributed by atoms with van der Waals surface area (Å²) in [6.07, 6.45) is 2.38. The molecular weight excluding hydrogens is 296 g/mol. The van der Waals surface area contributed by atoms with Gasteiger partial charge in [0.15, 0.2) is 0 Å². The van der Waals surface area contributed by atoms with E-state index in [1.54, 1.807) is 0 Å². The lowest BCUT2D eigenvalue weighted by Gasteiger charge is -2.35. The predicted octanol–water partition coefficient (Wildman–Crippen LogP) is 0.870. The van der Waals surface area contributed by atoms with E-state index in [1.807, 2.05) is 20.8 Å². The van der Waals surface area contributed by atoms with E-state index in [9.17, 15) is 18.0 Å². The third kappa shape index (κ3) is 7.69. The Labute approximate surface area is 125 Å². The second-order valence-electron chi connectivity index (χ2n) is 5.83.